The van der Waals surface area contributed by atoms with E-state index in [-0.39, 0.29) is 0 Å². The lowest BCUT2D eigenvalue weighted by atomic mass is 10.3. The Morgan fingerprint density at radius 3 is 2.58 bits per heavy atom. The Morgan fingerprint density at radius 2 is 2.08 bits per heavy atom. The van der Waals surface area contributed by atoms with Crippen LogP contribution in [0.5, 0.6) is 0 Å². The summed E-state index contributed by atoms with van der Waals surface area (Å²) in [6.45, 7) is 11.4. The van der Waals surface area contributed by atoms with Gasteiger partial charge in [-0.1, -0.05) is 39.2 Å². The second kappa shape index (κ2) is 6.35. The first kappa shape index (κ1) is 10.6. The second-order valence-corrected chi connectivity index (χ2v) is 1.98. The highest BCUT2D eigenvalue weighted by Crippen LogP contribution is 1.64. The van der Waals surface area contributed by atoms with Crippen molar-refractivity contribution in [3.8, 4) is 0 Å². The van der Waals surface area contributed by atoms with Gasteiger partial charge in [0.15, 0.2) is 0 Å². The van der Waals surface area contributed by atoms with Crippen molar-refractivity contribution in [3.05, 3.63) is 41.6 Å². The highest BCUT2D eigenvalue weighted by Gasteiger charge is 1.76. The molecule has 64 valence electrons. The molecule has 0 aromatic carbocycles. The van der Waals surface area contributed by atoms with E-state index >= 15 is 0 Å². The summed E-state index contributed by atoms with van der Waals surface area (Å²) in [7, 11) is 0. The molecule has 0 spiro atoms. The Hall–Kier alpha value is -1.37. The standard InChI is InChI=1S/C9H9N.C2H6/c1-3-4-9-7-10-6-5-8(9)2;1-2/h3-7H,1-2H2;1-2H3/b9-4-;. The molecule has 1 rings (SSSR count). The third kappa shape index (κ3) is 3.15. The fraction of sp³-hybridized carbons (Fsp3) is 0.182. The summed E-state index contributed by atoms with van der Waals surface area (Å²) >= 11 is 0. The number of allylic oxidation sites excluding steroid dienone is 1. The lowest BCUT2D eigenvalue weighted by Gasteiger charge is -1.83. The second-order valence-electron chi connectivity index (χ2n) is 1.98. The first-order chi connectivity index (χ1) is 5.84. The molecule has 0 radical (unpaired) electrons. The Labute approximate surface area is 73.8 Å². The molecule has 0 N–H and O–H groups in total. The van der Waals surface area contributed by atoms with Gasteiger partial charge in [0, 0.05) is 12.4 Å². The Bertz CT molecular complexity index is 325. The zero-order valence-electron chi connectivity index (χ0n) is 7.75. The highest BCUT2D eigenvalue weighted by atomic mass is 14.6. The van der Waals surface area contributed by atoms with Crippen LogP contribution in [0, 0.1) is 0 Å². The van der Waals surface area contributed by atoms with Gasteiger partial charge < -0.3 is 0 Å². The van der Waals surface area contributed by atoms with Crippen molar-refractivity contribution >= 4 is 12.7 Å². The minimum atomic E-state index is 0.981. The van der Waals surface area contributed by atoms with Gasteiger partial charge >= 0.3 is 0 Å². The van der Waals surface area contributed by atoms with Crippen molar-refractivity contribution in [1.29, 1.82) is 0 Å². The van der Waals surface area contributed by atoms with Crippen LogP contribution in [0.3, 0.4) is 0 Å². The first-order valence-corrected chi connectivity index (χ1v) is 4.06. The van der Waals surface area contributed by atoms with Gasteiger partial charge in [-0.05, 0) is 16.5 Å². The lowest BCUT2D eigenvalue weighted by molar-refractivity contribution is 1.28. The van der Waals surface area contributed by atoms with Crippen molar-refractivity contribution in [1.82, 2.24) is 4.98 Å². The number of aromatic nitrogens is 1. The summed E-state index contributed by atoms with van der Waals surface area (Å²) in [4.78, 5) is 3.95. The molecule has 1 aromatic rings. The van der Waals surface area contributed by atoms with Gasteiger partial charge in [-0.2, -0.15) is 0 Å². The summed E-state index contributed by atoms with van der Waals surface area (Å²) in [5.74, 6) is 0. The minimum absolute atomic E-state index is 0.981. The Balaban J connectivity index is 0.000000561. The summed E-state index contributed by atoms with van der Waals surface area (Å²) in [5, 5.41) is 2.01. The highest BCUT2D eigenvalue weighted by molar-refractivity contribution is 5.34. The molecule has 1 heteroatoms. The van der Waals surface area contributed by atoms with Gasteiger partial charge in [-0.3, -0.25) is 4.98 Å². The van der Waals surface area contributed by atoms with Gasteiger partial charge in [0.1, 0.15) is 0 Å². The predicted octanol–water partition coefficient (Wildman–Crippen LogP) is 1.48. The molecule has 1 nitrogen and oxygen atoms in total. The molecule has 0 aliphatic rings. The van der Waals surface area contributed by atoms with Gasteiger partial charge in [0.25, 0.3) is 0 Å². The maximum atomic E-state index is 3.95. The summed E-state index contributed by atoms with van der Waals surface area (Å²) < 4.78 is 0. The number of hydrogen-bond acceptors (Lipinski definition) is 1. The van der Waals surface area contributed by atoms with Crippen LogP contribution in [0.25, 0.3) is 12.7 Å². The van der Waals surface area contributed by atoms with E-state index in [9.17, 15) is 0 Å². The molecule has 0 atom stereocenters. The smallest absolute Gasteiger partial charge is 0.0346 e. The van der Waals surface area contributed by atoms with Crippen LogP contribution in [-0.4, -0.2) is 4.98 Å². The Morgan fingerprint density at radius 1 is 1.42 bits per heavy atom. The topological polar surface area (TPSA) is 12.9 Å². The normalized spacial score (nSPS) is 10.0. The van der Waals surface area contributed by atoms with Crippen LogP contribution >= 0.6 is 0 Å². The maximum Gasteiger partial charge on any atom is 0.0346 e. The minimum Gasteiger partial charge on any atom is -0.264 e. The summed E-state index contributed by atoms with van der Waals surface area (Å²) in [6, 6.07) is 1.87. The van der Waals surface area contributed by atoms with Crippen molar-refractivity contribution in [2.75, 3.05) is 0 Å². The van der Waals surface area contributed by atoms with Gasteiger partial charge in [-0.25, -0.2) is 0 Å². The monoisotopic (exact) mass is 161 g/mol. The molecule has 0 aliphatic heterocycles. The maximum absolute atomic E-state index is 3.95. The van der Waals surface area contributed by atoms with Crippen LogP contribution < -0.4 is 10.4 Å². The summed E-state index contributed by atoms with van der Waals surface area (Å²) in [5.41, 5.74) is 0. The fourth-order valence-corrected chi connectivity index (χ4v) is 0.713. The van der Waals surface area contributed by atoms with Crippen LogP contribution in [-0.2, 0) is 0 Å². The number of rotatable bonds is 1. The summed E-state index contributed by atoms with van der Waals surface area (Å²) in [6.07, 6.45) is 7.10. The first-order valence-electron chi connectivity index (χ1n) is 4.06. The molecular weight excluding hydrogens is 146 g/mol. The molecule has 1 heterocycles. The number of nitrogens with zero attached hydrogens (tertiary/aromatic N) is 1. The van der Waals surface area contributed by atoms with Crippen molar-refractivity contribution in [2.24, 2.45) is 0 Å². The van der Waals surface area contributed by atoms with Crippen molar-refractivity contribution in [3.63, 3.8) is 0 Å². The van der Waals surface area contributed by atoms with E-state index in [4.69, 9.17) is 0 Å². The predicted molar refractivity (Wildman–Crippen MR) is 55.0 cm³/mol. The number of hydrogen-bond donors (Lipinski definition) is 0. The molecular formula is C11H15N. The number of pyridine rings is 1. The van der Waals surface area contributed by atoms with E-state index in [1.807, 2.05) is 26.0 Å². The molecule has 0 amide bonds. The van der Waals surface area contributed by atoms with Crippen LogP contribution in [0.15, 0.2) is 31.1 Å². The molecule has 0 saturated carbocycles. The average Bonchev–Trinajstić information content (AvgIpc) is 2.13. The molecule has 0 unspecified atom stereocenters. The largest absolute Gasteiger partial charge is 0.264 e. The zero-order chi connectivity index (χ0) is 9.40. The van der Waals surface area contributed by atoms with E-state index in [1.165, 1.54) is 0 Å². The third-order valence-electron chi connectivity index (χ3n) is 1.24. The zero-order valence-corrected chi connectivity index (χ0v) is 7.75. The van der Waals surface area contributed by atoms with Gasteiger partial charge in [0.2, 0.25) is 0 Å². The van der Waals surface area contributed by atoms with E-state index in [0.29, 0.717) is 0 Å². The van der Waals surface area contributed by atoms with Crippen molar-refractivity contribution < 1.29 is 0 Å². The van der Waals surface area contributed by atoms with Crippen molar-refractivity contribution in [2.45, 2.75) is 13.8 Å². The molecule has 0 bridgehead atoms. The van der Waals surface area contributed by atoms with E-state index in [1.54, 1.807) is 18.5 Å². The molecule has 0 saturated heterocycles. The Kier molecular flexibility index (Phi) is 5.62. The molecule has 0 fully saturated rings. The molecule has 0 aliphatic carbocycles. The van der Waals surface area contributed by atoms with E-state index in [0.717, 1.165) is 10.4 Å². The SMILES string of the molecule is C=C/C=c1/cnccc1=C.CC. The molecule has 12 heavy (non-hydrogen) atoms. The van der Waals surface area contributed by atoms with E-state index in [2.05, 4.69) is 18.1 Å². The molecule has 1 aromatic heterocycles. The van der Waals surface area contributed by atoms with Gasteiger partial charge in [-0.15, -0.1) is 0 Å². The van der Waals surface area contributed by atoms with Crippen LogP contribution in [0.2, 0.25) is 0 Å². The lowest BCUT2D eigenvalue weighted by Crippen LogP contribution is -2.22. The van der Waals surface area contributed by atoms with E-state index < -0.39 is 0 Å². The van der Waals surface area contributed by atoms with Gasteiger partial charge in [0.05, 0.1) is 0 Å². The average molecular weight is 161 g/mol. The van der Waals surface area contributed by atoms with Crippen LogP contribution in [0.1, 0.15) is 13.8 Å². The third-order valence-corrected chi connectivity index (χ3v) is 1.24. The van der Waals surface area contributed by atoms with Crippen LogP contribution in [0.4, 0.5) is 0 Å². The fourth-order valence-electron chi connectivity index (χ4n) is 0.713. The quantitative estimate of drug-likeness (QED) is 0.608.